The van der Waals surface area contributed by atoms with Gasteiger partial charge in [0.05, 0.1) is 0 Å². The van der Waals surface area contributed by atoms with Crippen LogP contribution in [-0.4, -0.2) is 13.7 Å². The largest absolute Gasteiger partial charge is 0.378 e. The zero-order chi connectivity index (χ0) is 8.10. The molecule has 0 aromatic carbocycles. The van der Waals surface area contributed by atoms with Crippen LogP contribution in [0.5, 0.6) is 0 Å². The van der Waals surface area contributed by atoms with E-state index < -0.39 is 0 Å². The molecule has 0 fully saturated rings. The summed E-state index contributed by atoms with van der Waals surface area (Å²) in [6.45, 7) is 1.63. The Balaban J connectivity index is 2.62. The van der Waals surface area contributed by atoms with E-state index in [1.807, 2.05) is 24.4 Å². The van der Waals surface area contributed by atoms with Crippen molar-refractivity contribution >= 4 is 15.9 Å². The predicted molar refractivity (Wildman–Crippen MR) is 46.2 cm³/mol. The van der Waals surface area contributed by atoms with Crippen LogP contribution in [0.2, 0.25) is 0 Å². The van der Waals surface area contributed by atoms with Crippen molar-refractivity contribution in [3.8, 4) is 0 Å². The van der Waals surface area contributed by atoms with Gasteiger partial charge in [0.15, 0.2) is 12.7 Å². The molecule has 0 unspecified atom stereocenters. The van der Waals surface area contributed by atoms with Crippen LogP contribution in [-0.2, 0) is 11.3 Å². The molecule has 1 heterocycles. The second kappa shape index (κ2) is 4.46. The van der Waals surface area contributed by atoms with E-state index >= 15 is 0 Å². The number of nitrogens with zero attached hydrogens (tertiary/aromatic N) is 1. The summed E-state index contributed by atoms with van der Waals surface area (Å²) in [7, 11) is 1.71. The topological polar surface area (TPSA) is 13.1 Å². The van der Waals surface area contributed by atoms with Crippen molar-refractivity contribution in [1.82, 2.24) is 0 Å². The van der Waals surface area contributed by atoms with Crippen molar-refractivity contribution in [2.24, 2.45) is 0 Å². The standard InChI is InChI=1S/C8H11BrNO/c1-11-7-6-10-5-3-2-4-8(10)9/h2-5H,6-7H2,1H3/q+1. The molecule has 2 nitrogen and oxygen atoms in total. The number of hydrogen-bond acceptors (Lipinski definition) is 1. The molecule has 0 atom stereocenters. The third-order valence-electron chi connectivity index (χ3n) is 1.42. The van der Waals surface area contributed by atoms with Crippen LogP contribution >= 0.6 is 15.9 Å². The van der Waals surface area contributed by atoms with Crippen molar-refractivity contribution in [3.63, 3.8) is 0 Å². The molecule has 0 amide bonds. The first-order valence-electron chi connectivity index (χ1n) is 3.47. The summed E-state index contributed by atoms with van der Waals surface area (Å²) in [5.41, 5.74) is 0. The van der Waals surface area contributed by atoms with Gasteiger partial charge < -0.3 is 4.74 Å². The van der Waals surface area contributed by atoms with Crippen molar-refractivity contribution in [2.75, 3.05) is 13.7 Å². The summed E-state index contributed by atoms with van der Waals surface area (Å²) in [5.74, 6) is 0. The van der Waals surface area contributed by atoms with Gasteiger partial charge in [-0.25, -0.2) is 0 Å². The molecule has 3 heteroatoms. The fraction of sp³-hybridized carbons (Fsp3) is 0.375. The molecule has 0 aliphatic heterocycles. The quantitative estimate of drug-likeness (QED) is 0.550. The molecular weight excluding hydrogens is 206 g/mol. The minimum atomic E-state index is 0.743. The monoisotopic (exact) mass is 216 g/mol. The van der Waals surface area contributed by atoms with Gasteiger partial charge in [0, 0.05) is 35.2 Å². The van der Waals surface area contributed by atoms with E-state index in [2.05, 4.69) is 20.5 Å². The number of pyridine rings is 1. The number of halogens is 1. The van der Waals surface area contributed by atoms with Crippen molar-refractivity contribution in [3.05, 3.63) is 29.0 Å². The molecule has 0 aliphatic carbocycles. The maximum Gasteiger partial charge on any atom is 0.247 e. The van der Waals surface area contributed by atoms with Crippen molar-refractivity contribution in [1.29, 1.82) is 0 Å². The lowest BCUT2D eigenvalue weighted by molar-refractivity contribution is -0.708. The van der Waals surface area contributed by atoms with Gasteiger partial charge in [0.25, 0.3) is 0 Å². The van der Waals surface area contributed by atoms with Crippen LogP contribution in [0.15, 0.2) is 29.0 Å². The molecule has 60 valence electrons. The summed E-state index contributed by atoms with van der Waals surface area (Å²) < 4.78 is 8.13. The smallest absolute Gasteiger partial charge is 0.247 e. The number of rotatable bonds is 3. The Morgan fingerprint density at radius 3 is 3.00 bits per heavy atom. The van der Waals surface area contributed by atoms with E-state index in [1.165, 1.54) is 0 Å². The summed E-state index contributed by atoms with van der Waals surface area (Å²) in [6.07, 6.45) is 2.02. The summed E-state index contributed by atoms with van der Waals surface area (Å²) in [6, 6.07) is 6.00. The lowest BCUT2D eigenvalue weighted by Gasteiger charge is -1.96. The van der Waals surface area contributed by atoms with Gasteiger partial charge in [-0.1, -0.05) is 0 Å². The molecule has 0 saturated carbocycles. The molecule has 1 aromatic rings. The van der Waals surface area contributed by atoms with E-state index in [1.54, 1.807) is 7.11 Å². The molecule has 0 N–H and O–H groups in total. The minimum absolute atomic E-state index is 0.743. The molecule has 0 aliphatic rings. The lowest BCUT2D eigenvalue weighted by Crippen LogP contribution is -2.36. The van der Waals surface area contributed by atoms with Gasteiger partial charge in [0.2, 0.25) is 4.60 Å². The highest BCUT2D eigenvalue weighted by Crippen LogP contribution is 1.99. The van der Waals surface area contributed by atoms with E-state index in [4.69, 9.17) is 4.74 Å². The fourth-order valence-electron chi connectivity index (χ4n) is 0.826. The Bertz CT molecular complexity index is 227. The van der Waals surface area contributed by atoms with Crippen LogP contribution in [0, 0.1) is 0 Å². The highest BCUT2D eigenvalue weighted by Gasteiger charge is 2.03. The van der Waals surface area contributed by atoms with Gasteiger partial charge in [-0.3, -0.25) is 0 Å². The molecule has 0 bridgehead atoms. The van der Waals surface area contributed by atoms with Crippen LogP contribution in [0.4, 0.5) is 0 Å². The zero-order valence-corrected chi connectivity index (χ0v) is 8.04. The second-order valence-electron chi connectivity index (χ2n) is 2.21. The van der Waals surface area contributed by atoms with E-state index in [-0.39, 0.29) is 0 Å². The highest BCUT2D eigenvalue weighted by molar-refractivity contribution is 9.10. The number of aromatic nitrogens is 1. The predicted octanol–water partition coefficient (Wildman–Crippen LogP) is 1.38. The molecule has 1 aromatic heterocycles. The minimum Gasteiger partial charge on any atom is -0.378 e. The molecule has 0 radical (unpaired) electrons. The van der Waals surface area contributed by atoms with Crippen molar-refractivity contribution in [2.45, 2.75) is 6.54 Å². The average Bonchev–Trinajstić information content (AvgIpc) is 2.03. The molecule has 11 heavy (non-hydrogen) atoms. The fourth-order valence-corrected chi connectivity index (χ4v) is 1.27. The Kier molecular flexibility index (Phi) is 3.52. The van der Waals surface area contributed by atoms with Crippen LogP contribution in [0.3, 0.4) is 0 Å². The first-order chi connectivity index (χ1) is 5.34. The molecular formula is C8H11BrNO+. The average molecular weight is 217 g/mol. The van der Waals surface area contributed by atoms with Gasteiger partial charge in [-0.05, 0) is 6.07 Å². The first kappa shape index (κ1) is 8.68. The molecule has 1 rings (SSSR count). The third-order valence-corrected chi connectivity index (χ3v) is 2.14. The molecule has 0 saturated heterocycles. The summed E-state index contributed by atoms with van der Waals surface area (Å²) in [5, 5.41) is 0. The van der Waals surface area contributed by atoms with E-state index in [0.717, 1.165) is 17.8 Å². The Morgan fingerprint density at radius 1 is 1.55 bits per heavy atom. The number of methoxy groups -OCH3 is 1. The molecule has 0 spiro atoms. The van der Waals surface area contributed by atoms with Crippen LogP contribution in [0.25, 0.3) is 0 Å². The third kappa shape index (κ3) is 2.60. The number of hydrogen-bond donors (Lipinski definition) is 0. The highest BCUT2D eigenvalue weighted by atomic mass is 79.9. The van der Waals surface area contributed by atoms with E-state index in [0.29, 0.717) is 0 Å². The number of ether oxygens (including phenoxy) is 1. The van der Waals surface area contributed by atoms with Crippen molar-refractivity contribution < 1.29 is 9.30 Å². The van der Waals surface area contributed by atoms with Gasteiger partial charge in [0.1, 0.15) is 6.61 Å². The first-order valence-corrected chi connectivity index (χ1v) is 4.27. The maximum atomic E-state index is 4.96. The van der Waals surface area contributed by atoms with Gasteiger partial charge in [-0.2, -0.15) is 4.57 Å². The lowest BCUT2D eigenvalue weighted by atomic mass is 10.5. The van der Waals surface area contributed by atoms with Gasteiger partial charge >= 0.3 is 0 Å². The Morgan fingerprint density at radius 2 is 2.36 bits per heavy atom. The normalized spacial score (nSPS) is 10.0. The van der Waals surface area contributed by atoms with Crippen LogP contribution in [0.1, 0.15) is 0 Å². The summed E-state index contributed by atoms with van der Waals surface area (Å²) >= 11 is 3.43. The Hall–Kier alpha value is -0.410. The maximum absolute atomic E-state index is 4.96. The SMILES string of the molecule is COCC[n+]1ccccc1Br. The summed E-state index contributed by atoms with van der Waals surface area (Å²) in [4.78, 5) is 0. The second-order valence-corrected chi connectivity index (χ2v) is 3.02. The van der Waals surface area contributed by atoms with Gasteiger partial charge in [-0.15, -0.1) is 0 Å². The Labute approximate surface area is 74.9 Å². The van der Waals surface area contributed by atoms with E-state index in [9.17, 15) is 0 Å². The zero-order valence-electron chi connectivity index (χ0n) is 6.46. The van der Waals surface area contributed by atoms with Crippen LogP contribution < -0.4 is 4.57 Å².